The first-order valence-corrected chi connectivity index (χ1v) is 3.48. The third kappa shape index (κ3) is 1.28. The van der Waals surface area contributed by atoms with Crippen molar-refractivity contribution in [2.75, 3.05) is 13.2 Å². The van der Waals surface area contributed by atoms with Gasteiger partial charge in [0, 0.05) is 12.0 Å². The van der Waals surface area contributed by atoms with Crippen LogP contribution in [0.4, 0.5) is 0 Å². The molecule has 0 heterocycles. The average Bonchev–Trinajstić information content (AvgIpc) is 2.06. The normalized spacial score (nSPS) is 31.0. The van der Waals surface area contributed by atoms with Gasteiger partial charge in [-0.15, -0.1) is 0 Å². The van der Waals surface area contributed by atoms with Crippen LogP contribution in [0.25, 0.3) is 0 Å². The molecule has 56 valence electrons. The van der Waals surface area contributed by atoms with E-state index in [9.17, 15) is 0 Å². The van der Waals surface area contributed by atoms with Gasteiger partial charge in [0.1, 0.15) is 0 Å². The van der Waals surface area contributed by atoms with Gasteiger partial charge in [0.05, 0.1) is 6.61 Å². The molecule has 0 aliphatic heterocycles. The quantitative estimate of drug-likeness (QED) is 0.583. The number of allylic oxidation sites excluding steroid dienone is 3. The van der Waals surface area contributed by atoms with Crippen LogP contribution in [-0.4, -0.2) is 18.3 Å². The van der Waals surface area contributed by atoms with Gasteiger partial charge in [-0.25, -0.2) is 0 Å². The van der Waals surface area contributed by atoms with Gasteiger partial charge in [-0.1, -0.05) is 24.3 Å². The Balaban J connectivity index is 2.66. The predicted octanol–water partition coefficient (Wildman–Crippen LogP) is 0.440. The molecule has 0 radical (unpaired) electrons. The fourth-order valence-corrected chi connectivity index (χ4v) is 1.04. The van der Waals surface area contributed by atoms with Crippen LogP contribution in [0.5, 0.6) is 0 Å². The van der Waals surface area contributed by atoms with Gasteiger partial charge in [0.15, 0.2) is 0 Å². The van der Waals surface area contributed by atoms with Crippen molar-refractivity contribution >= 4 is 0 Å². The minimum Gasteiger partial charge on any atom is -0.395 e. The van der Waals surface area contributed by atoms with Crippen molar-refractivity contribution in [1.29, 1.82) is 0 Å². The zero-order chi connectivity index (χ0) is 7.45. The molecule has 1 rings (SSSR count). The average molecular weight is 139 g/mol. The van der Waals surface area contributed by atoms with Crippen molar-refractivity contribution < 1.29 is 5.11 Å². The maximum Gasteiger partial charge on any atom is 0.0537 e. The lowest BCUT2D eigenvalue weighted by Crippen LogP contribution is -2.32. The first-order valence-electron chi connectivity index (χ1n) is 3.48. The van der Waals surface area contributed by atoms with Crippen molar-refractivity contribution in [1.82, 2.24) is 0 Å². The van der Waals surface area contributed by atoms with E-state index in [1.807, 2.05) is 24.3 Å². The van der Waals surface area contributed by atoms with Crippen LogP contribution in [-0.2, 0) is 0 Å². The maximum absolute atomic E-state index is 8.98. The monoisotopic (exact) mass is 139 g/mol. The first-order chi connectivity index (χ1) is 4.83. The summed E-state index contributed by atoms with van der Waals surface area (Å²) >= 11 is 0. The molecule has 0 spiro atoms. The Kier molecular flexibility index (Phi) is 2.25. The summed E-state index contributed by atoms with van der Waals surface area (Å²) in [6.45, 7) is 0.661. The van der Waals surface area contributed by atoms with Gasteiger partial charge in [-0.05, 0) is 6.42 Å². The lowest BCUT2D eigenvalue weighted by molar-refractivity contribution is 0.176. The number of rotatable bonds is 2. The van der Waals surface area contributed by atoms with Crippen LogP contribution in [0.2, 0.25) is 0 Å². The maximum atomic E-state index is 8.98. The number of nitrogens with two attached hydrogens (primary N) is 1. The SMILES string of the molecule is NCC1(CO)C=CC=CC1. The molecule has 0 amide bonds. The Morgan fingerprint density at radius 1 is 1.50 bits per heavy atom. The second-order valence-corrected chi connectivity index (χ2v) is 2.72. The Morgan fingerprint density at radius 3 is 2.60 bits per heavy atom. The van der Waals surface area contributed by atoms with E-state index in [0.717, 1.165) is 6.42 Å². The van der Waals surface area contributed by atoms with E-state index in [0.29, 0.717) is 6.54 Å². The molecule has 0 fully saturated rings. The lowest BCUT2D eigenvalue weighted by Gasteiger charge is -2.26. The Labute approximate surface area is 61.0 Å². The van der Waals surface area contributed by atoms with Crippen LogP contribution >= 0.6 is 0 Å². The highest BCUT2D eigenvalue weighted by Crippen LogP contribution is 2.25. The zero-order valence-electron chi connectivity index (χ0n) is 5.96. The van der Waals surface area contributed by atoms with E-state index >= 15 is 0 Å². The first kappa shape index (κ1) is 7.51. The fraction of sp³-hybridized carbons (Fsp3) is 0.500. The molecule has 1 unspecified atom stereocenters. The number of hydrogen-bond acceptors (Lipinski definition) is 2. The molecule has 0 aromatic rings. The van der Waals surface area contributed by atoms with Gasteiger partial charge in [0.25, 0.3) is 0 Å². The summed E-state index contributed by atoms with van der Waals surface area (Å²) < 4.78 is 0. The third-order valence-electron chi connectivity index (χ3n) is 1.94. The summed E-state index contributed by atoms with van der Waals surface area (Å²) in [5.74, 6) is 0. The largest absolute Gasteiger partial charge is 0.395 e. The standard InChI is InChI=1S/C8H13NO/c9-6-8(7-10)4-2-1-3-5-8/h1-4,10H,5-7,9H2. The van der Waals surface area contributed by atoms with Crippen LogP contribution in [0.3, 0.4) is 0 Å². The Morgan fingerprint density at radius 2 is 2.30 bits per heavy atom. The predicted molar refractivity (Wildman–Crippen MR) is 41.5 cm³/mol. The minimum absolute atomic E-state index is 0.143. The highest BCUT2D eigenvalue weighted by Gasteiger charge is 2.23. The van der Waals surface area contributed by atoms with E-state index in [2.05, 4.69) is 0 Å². The van der Waals surface area contributed by atoms with Crippen molar-refractivity contribution in [3.8, 4) is 0 Å². The lowest BCUT2D eigenvalue weighted by atomic mass is 9.83. The summed E-state index contributed by atoms with van der Waals surface area (Å²) in [4.78, 5) is 0. The Bertz CT molecular complexity index is 157. The molecule has 0 aromatic carbocycles. The van der Waals surface area contributed by atoms with Crippen LogP contribution < -0.4 is 5.73 Å². The Hall–Kier alpha value is -0.600. The van der Waals surface area contributed by atoms with Crippen molar-refractivity contribution in [3.05, 3.63) is 24.3 Å². The molecule has 1 aliphatic rings. The molecule has 2 nitrogen and oxygen atoms in total. The van der Waals surface area contributed by atoms with Gasteiger partial charge in [-0.2, -0.15) is 0 Å². The fourth-order valence-electron chi connectivity index (χ4n) is 1.04. The zero-order valence-corrected chi connectivity index (χ0v) is 5.96. The van der Waals surface area contributed by atoms with Crippen LogP contribution in [0.1, 0.15) is 6.42 Å². The summed E-state index contributed by atoms with van der Waals surface area (Å²) in [5.41, 5.74) is 5.33. The van der Waals surface area contributed by atoms with E-state index in [1.54, 1.807) is 0 Å². The molecule has 1 atom stereocenters. The summed E-state index contributed by atoms with van der Waals surface area (Å²) in [6, 6.07) is 0. The van der Waals surface area contributed by atoms with Crippen LogP contribution in [0.15, 0.2) is 24.3 Å². The highest BCUT2D eigenvalue weighted by atomic mass is 16.3. The van der Waals surface area contributed by atoms with Gasteiger partial charge in [-0.3, -0.25) is 0 Å². The second kappa shape index (κ2) is 2.99. The third-order valence-corrected chi connectivity index (χ3v) is 1.94. The molecule has 0 saturated carbocycles. The molecular formula is C8H13NO. The van der Waals surface area contributed by atoms with E-state index in [-0.39, 0.29) is 12.0 Å². The number of hydrogen-bond donors (Lipinski definition) is 2. The molecular weight excluding hydrogens is 126 g/mol. The minimum atomic E-state index is -0.172. The smallest absolute Gasteiger partial charge is 0.0537 e. The molecule has 10 heavy (non-hydrogen) atoms. The van der Waals surface area contributed by atoms with Gasteiger partial charge in [0.2, 0.25) is 0 Å². The van der Waals surface area contributed by atoms with E-state index in [4.69, 9.17) is 10.8 Å². The topological polar surface area (TPSA) is 46.2 Å². The number of aliphatic hydroxyl groups excluding tert-OH is 1. The molecule has 0 saturated heterocycles. The molecule has 2 heteroatoms. The highest BCUT2D eigenvalue weighted by molar-refractivity contribution is 5.16. The van der Waals surface area contributed by atoms with E-state index in [1.165, 1.54) is 0 Å². The summed E-state index contributed by atoms with van der Waals surface area (Å²) in [6.07, 6.45) is 8.78. The molecule has 0 bridgehead atoms. The molecule has 3 N–H and O–H groups in total. The molecule has 0 aromatic heterocycles. The van der Waals surface area contributed by atoms with Gasteiger partial charge < -0.3 is 10.8 Å². The van der Waals surface area contributed by atoms with Crippen molar-refractivity contribution in [2.45, 2.75) is 6.42 Å². The molecule has 1 aliphatic carbocycles. The van der Waals surface area contributed by atoms with Crippen molar-refractivity contribution in [3.63, 3.8) is 0 Å². The van der Waals surface area contributed by atoms with E-state index < -0.39 is 0 Å². The van der Waals surface area contributed by atoms with Crippen molar-refractivity contribution in [2.24, 2.45) is 11.1 Å². The second-order valence-electron chi connectivity index (χ2n) is 2.72. The summed E-state index contributed by atoms with van der Waals surface area (Å²) in [5, 5.41) is 8.98. The number of aliphatic hydroxyl groups is 1. The van der Waals surface area contributed by atoms with Crippen LogP contribution in [0, 0.1) is 5.41 Å². The van der Waals surface area contributed by atoms with Gasteiger partial charge >= 0.3 is 0 Å². The summed E-state index contributed by atoms with van der Waals surface area (Å²) in [7, 11) is 0.